The number of hydrogen-bond donors (Lipinski definition) is 2. The molecule has 0 aliphatic heterocycles. The Balaban J connectivity index is 3.80. The highest BCUT2D eigenvalue weighted by Crippen LogP contribution is 1.98. The van der Waals surface area contributed by atoms with Crippen LogP contribution in [0.5, 0.6) is 0 Å². The lowest BCUT2D eigenvalue weighted by atomic mass is 10.1. The van der Waals surface area contributed by atoms with Crippen molar-refractivity contribution >= 4 is 17.7 Å². The third-order valence-electron chi connectivity index (χ3n) is 2.19. The zero-order valence-corrected chi connectivity index (χ0v) is 10.7. The smallest absolute Gasteiger partial charge is 0.191 e. The van der Waals surface area contributed by atoms with Gasteiger partial charge in [0.1, 0.15) is 0 Å². The molecule has 0 aliphatic carbocycles. The minimum atomic E-state index is 0.454. The summed E-state index contributed by atoms with van der Waals surface area (Å²) in [4.78, 5) is 4.17. The van der Waals surface area contributed by atoms with Crippen molar-refractivity contribution in [3.63, 3.8) is 0 Å². The van der Waals surface area contributed by atoms with Crippen LogP contribution in [-0.2, 0) is 0 Å². The van der Waals surface area contributed by atoms with Crippen LogP contribution in [0.4, 0.5) is 0 Å². The van der Waals surface area contributed by atoms with Crippen LogP contribution in [0, 0.1) is 5.92 Å². The van der Waals surface area contributed by atoms with Gasteiger partial charge >= 0.3 is 0 Å². The molecular formula is C10H23N3S. The molecule has 3 nitrogen and oxygen atoms in total. The standard InChI is InChI=1S/C10H23N3S/c1-8(2)9(3)13-10(11-4)12-6-7-14-5/h8-9H,6-7H2,1-5H3,(H2,11,12,13). The van der Waals surface area contributed by atoms with E-state index in [1.807, 2.05) is 18.8 Å². The Morgan fingerprint density at radius 2 is 2.00 bits per heavy atom. The van der Waals surface area contributed by atoms with Crippen LogP contribution in [0.15, 0.2) is 4.99 Å². The molecule has 1 atom stereocenters. The van der Waals surface area contributed by atoms with Gasteiger partial charge in [0.2, 0.25) is 0 Å². The number of rotatable bonds is 5. The van der Waals surface area contributed by atoms with Crippen LogP contribution in [-0.4, -0.2) is 37.6 Å². The van der Waals surface area contributed by atoms with Crippen molar-refractivity contribution in [3.8, 4) is 0 Å². The van der Waals surface area contributed by atoms with Gasteiger partial charge in [0.25, 0.3) is 0 Å². The molecule has 0 spiro atoms. The molecule has 0 heterocycles. The molecule has 2 N–H and O–H groups in total. The maximum absolute atomic E-state index is 4.17. The second-order valence-electron chi connectivity index (χ2n) is 3.67. The molecule has 84 valence electrons. The second-order valence-corrected chi connectivity index (χ2v) is 4.65. The first kappa shape index (κ1) is 13.6. The van der Waals surface area contributed by atoms with Gasteiger partial charge in [-0.3, -0.25) is 4.99 Å². The van der Waals surface area contributed by atoms with E-state index < -0.39 is 0 Å². The van der Waals surface area contributed by atoms with E-state index in [0.29, 0.717) is 12.0 Å². The SMILES string of the molecule is CN=C(NCCSC)NC(C)C(C)C. The summed E-state index contributed by atoms with van der Waals surface area (Å²) < 4.78 is 0. The fourth-order valence-electron chi connectivity index (χ4n) is 0.848. The van der Waals surface area contributed by atoms with Gasteiger partial charge < -0.3 is 10.6 Å². The maximum Gasteiger partial charge on any atom is 0.191 e. The molecule has 0 rings (SSSR count). The number of aliphatic imine (C=N–C) groups is 1. The van der Waals surface area contributed by atoms with E-state index in [1.54, 1.807) is 0 Å². The van der Waals surface area contributed by atoms with E-state index >= 15 is 0 Å². The Hall–Kier alpha value is -0.380. The van der Waals surface area contributed by atoms with Crippen molar-refractivity contribution in [2.45, 2.75) is 26.8 Å². The van der Waals surface area contributed by atoms with E-state index in [1.165, 1.54) is 0 Å². The summed E-state index contributed by atoms with van der Waals surface area (Å²) in [7, 11) is 1.81. The minimum Gasteiger partial charge on any atom is -0.356 e. The first-order valence-corrected chi connectivity index (χ1v) is 6.47. The molecule has 4 heteroatoms. The summed E-state index contributed by atoms with van der Waals surface area (Å²) in [5, 5.41) is 6.63. The molecular weight excluding hydrogens is 194 g/mol. The Morgan fingerprint density at radius 1 is 1.36 bits per heavy atom. The lowest BCUT2D eigenvalue weighted by Gasteiger charge is -2.20. The predicted molar refractivity (Wildman–Crippen MR) is 67.2 cm³/mol. The van der Waals surface area contributed by atoms with E-state index in [9.17, 15) is 0 Å². The van der Waals surface area contributed by atoms with E-state index in [2.05, 4.69) is 42.7 Å². The molecule has 0 saturated heterocycles. The van der Waals surface area contributed by atoms with Crippen molar-refractivity contribution in [1.82, 2.24) is 10.6 Å². The van der Waals surface area contributed by atoms with Crippen LogP contribution >= 0.6 is 11.8 Å². The van der Waals surface area contributed by atoms with Crippen LogP contribution in [0.2, 0.25) is 0 Å². The van der Waals surface area contributed by atoms with Crippen molar-refractivity contribution in [3.05, 3.63) is 0 Å². The topological polar surface area (TPSA) is 36.4 Å². The summed E-state index contributed by atoms with van der Waals surface area (Å²) in [5.74, 6) is 2.63. The first-order valence-electron chi connectivity index (χ1n) is 5.08. The summed E-state index contributed by atoms with van der Waals surface area (Å²) >= 11 is 1.83. The fraction of sp³-hybridized carbons (Fsp3) is 0.900. The van der Waals surface area contributed by atoms with Gasteiger partial charge in [0, 0.05) is 25.4 Å². The van der Waals surface area contributed by atoms with Crippen LogP contribution in [0.25, 0.3) is 0 Å². The first-order chi connectivity index (χ1) is 6.61. The van der Waals surface area contributed by atoms with Crippen molar-refractivity contribution in [1.29, 1.82) is 0 Å². The Morgan fingerprint density at radius 3 is 2.43 bits per heavy atom. The molecule has 0 bridgehead atoms. The van der Waals surface area contributed by atoms with Gasteiger partial charge in [-0.15, -0.1) is 0 Å². The van der Waals surface area contributed by atoms with Gasteiger partial charge in [0.15, 0.2) is 5.96 Å². The molecule has 0 radical (unpaired) electrons. The zero-order chi connectivity index (χ0) is 11.0. The molecule has 0 aromatic rings. The average Bonchev–Trinajstić information content (AvgIpc) is 2.16. The van der Waals surface area contributed by atoms with E-state index in [4.69, 9.17) is 0 Å². The Bertz CT molecular complexity index is 169. The average molecular weight is 217 g/mol. The third-order valence-corrected chi connectivity index (χ3v) is 2.80. The van der Waals surface area contributed by atoms with Crippen LogP contribution in [0.1, 0.15) is 20.8 Å². The monoisotopic (exact) mass is 217 g/mol. The molecule has 0 fully saturated rings. The summed E-state index contributed by atoms with van der Waals surface area (Å²) in [6.07, 6.45) is 2.11. The molecule has 0 saturated carbocycles. The number of hydrogen-bond acceptors (Lipinski definition) is 2. The quantitative estimate of drug-likeness (QED) is 0.417. The van der Waals surface area contributed by atoms with Crippen molar-refractivity contribution in [2.24, 2.45) is 10.9 Å². The van der Waals surface area contributed by atoms with Crippen molar-refractivity contribution in [2.75, 3.05) is 25.6 Å². The van der Waals surface area contributed by atoms with Gasteiger partial charge in [-0.2, -0.15) is 11.8 Å². The number of thioether (sulfide) groups is 1. The Labute approximate surface area is 92.1 Å². The van der Waals surface area contributed by atoms with Crippen LogP contribution in [0.3, 0.4) is 0 Å². The number of guanidine groups is 1. The van der Waals surface area contributed by atoms with Gasteiger partial charge in [0.05, 0.1) is 0 Å². The molecule has 14 heavy (non-hydrogen) atoms. The summed E-state index contributed by atoms with van der Waals surface area (Å²) in [6.45, 7) is 7.54. The highest BCUT2D eigenvalue weighted by atomic mass is 32.2. The molecule has 0 aromatic carbocycles. The zero-order valence-electron chi connectivity index (χ0n) is 9.92. The Kier molecular flexibility index (Phi) is 7.76. The predicted octanol–water partition coefficient (Wildman–Crippen LogP) is 1.56. The van der Waals surface area contributed by atoms with Gasteiger partial charge in [-0.25, -0.2) is 0 Å². The van der Waals surface area contributed by atoms with Crippen molar-refractivity contribution < 1.29 is 0 Å². The largest absolute Gasteiger partial charge is 0.356 e. The van der Waals surface area contributed by atoms with E-state index in [-0.39, 0.29) is 0 Å². The van der Waals surface area contributed by atoms with Gasteiger partial charge in [-0.1, -0.05) is 13.8 Å². The normalized spacial score (nSPS) is 14.3. The molecule has 1 unspecified atom stereocenters. The highest BCUT2D eigenvalue weighted by molar-refractivity contribution is 7.98. The molecule has 0 aromatic heterocycles. The highest BCUT2D eigenvalue weighted by Gasteiger charge is 2.07. The number of nitrogens with one attached hydrogen (secondary N) is 2. The fourth-order valence-corrected chi connectivity index (χ4v) is 1.15. The minimum absolute atomic E-state index is 0.454. The second kappa shape index (κ2) is 7.97. The summed E-state index contributed by atoms with van der Waals surface area (Å²) in [5.41, 5.74) is 0. The third kappa shape index (κ3) is 6.13. The molecule has 0 amide bonds. The lowest BCUT2D eigenvalue weighted by Crippen LogP contribution is -2.44. The molecule has 0 aliphatic rings. The summed E-state index contributed by atoms with van der Waals surface area (Å²) in [6, 6.07) is 0.454. The van der Waals surface area contributed by atoms with E-state index in [0.717, 1.165) is 18.3 Å². The lowest BCUT2D eigenvalue weighted by molar-refractivity contribution is 0.481. The maximum atomic E-state index is 4.17. The van der Waals surface area contributed by atoms with Gasteiger partial charge in [-0.05, 0) is 19.1 Å². The van der Waals surface area contributed by atoms with Crippen LogP contribution < -0.4 is 10.6 Å². The number of nitrogens with zero attached hydrogens (tertiary/aromatic N) is 1.